The second-order valence-corrected chi connectivity index (χ2v) is 7.85. The average molecular weight is 463 g/mol. The summed E-state index contributed by atoms with van der Waals surface area (Å²) in [6.07, 6.45) is 1.62. The van der Waals surface area contributed by atoms with E-state index in [4.69, 9.17) is 0 Å². The molecule has 5 aromatic rings. The van der Waals surface area contributed by atoms with Crippen LogP contribution >= 0.6 is 27.7 Å². The molecule has 0 unspecified atom stereocenters. The number of imidazole rings is 1. The Bertz CT molecular complexity index is 1600. The predicted octanol–water partition coefficient (Wildman–Crippen LogP) is 3.36. The van der Waals surface area contributed by atoms with E-state index in [0.29, 0.717) is 33.0 Å². The third kappa shape index (κ3) is 2.68. The Balaban J connectivity index is 1.77. The SMILES string of the molecule is Cc1c(C#N)c2nc3ccccc3n2c(=O)c1=CNc1cc2nsnc2cc1Br. The minimum Gasteiger partial charge on any atom is -0.360 e. The molecular formula is C20H11BrN6OS. The molecule has 0 radical (unpaired) electrons. The minimum atomic E-state index is -0.231. The maximum absolute atomic E-state index is 13.3. The van der Waals surface area contributed by atoms with Crippen LogP contribution in [0.15, 0.2) is 45.7 Å². The van der Waals surface area contributed by atoms with Crippen molar-refractivity contribution >= 4 is 67.3 Å². The Morgan fingerprint density at radius 1 is 1.21 bits per heavy atom. The number of para-hydroxylation sites is 2. The molecule has 0 amide bonds. The first kappa shape index (κ1) is 17.7. The summed E-state index contributed by atoms with van der Waals surface area (Å²) in [5, 5.41) is 13.3. The van der Waals surface area contributed by atoms with Crippen LogP contribution in [0.25, 0.3) is 33.9 Å². The van der Waals surface area contributed by atoms with Gasteiger partial charge in [-0.05, 0) is 52.7 Å². The third-order valence-electron chi connectivity index (χ3n) is 4.82. The van der Waals surface area contributed by atoms with Gasteiger partial charge in [0.1, 0.15) is 17.1 Å². The van der Waals surface area contributed by atoms with Gasteiger partial charge in [0.15, 0.2) is 5.65 Å². The van der Waals surface area contributed by atoms with Gasteiger partial charge < -0.3 is 5.32 Å². The summed E-state index contributed by atoms with van der Waals surface area (Å²) in [7, 11) is 0. The molecule has 0 aliphatic carbocycles. The number of pyridine rings is 1. The van der Waals surface area contributed by atoms with Gasteiger partial charge in [0.25, 0.3) is 5.56 Å². The molecule has 1 N–H and O–H groups in total. The Labute approximate surface area is 176 Å². The summed E-state index contributed by atoms with van der Waals surface area (Å²) >= 11 is 4.66. The van der Waals surface area contributed by atoms with E-state index in [1.165, 1.54) is 4.40 Å². The van der Waals surface area contributed by atoms with Crippen LogP contribution in [0.3, 0.4) is 0 Å². The molecule has 3 heterocycles. The molecule has 2 aromatic carbocycles. The van der Waals surface area contributed by atoms with Gasteiger partial charge in [-0.3, -0.25) is 9.20 Å². The van der Waals surface area contributed by atoms with Crippen LogP contribution in [0.5, 0.6) is 0 Å². The normalized spacial score (nSPS) is 12.1. The van der Waals surface area contributed by atoms with E-state index in [1.54, 1.807) is 13.1 Å². The zero-order valence-corrected chi connectivity index (χ0v) is 17.4. The molecule has 3 aromatic heterocycles. The summed E-state index contributed by atoms with van der Waals surface area (Å²) in [4.78, 5) is 17.8. The van der Waals surface area contributed by atoms with Crippen molar-refractivity contribution in [3.05, 3.63) is 67.6 Å². The zero-order chi connectivity index (χ0) is 20.1. The first-order valence-corrected chi connectivity index (χ1v) is 10.1. The Morgan fingerprint density at radius 2 is 1.97 bits per heavy atom. The maximum Gasteiger partial charge on any atom is 0.265 e. The Morgan fingerprint density at radius 3 is 2.76 bits per heavy atom. The molecule has 7 nitrogen and oxygen atoms in total. The van der Waals surface area contributed by atoms with Crippen molar-refractivity contribution in [1.29, 1.82) is 5.26 Å². The fraction of sp³-hybridized carbons (Fsp3) is 0.0500. The number of benzene rings is 2. The smallest absolute Gasteiger partial charge is 0.265 e. The van der Waals surface area contributed by atoms with Gasteiger partial charge in [-0.1, -0.05) is 12.1 Å². The first-order chi connectivity index (χ1) is 14.1. The van der Waals surface area contributed by atoms with Gasteiger partial charge in [0, 0.05) is 10.7 Å². The van der Waals surface area contributed by atoms with Crippen molar-refractivity contribution in [2.75, 3.05) is 5.32 Å². The van der Waals surface area contributed by atoms with Crippen molar-refractivity contribution < 1.29 is 0 Å². The first-order valence-electron chi connectivity index (χ1n) is 8.61. The van der Waals surface area contributed by atoms with E-state index in [1.807, 2.05) is 36.4 Å². The highest BCUT2D eigenvalue weighted by molar-refractivity contribution is 9.10. The standard InChI is InChI=1S/C20H11BrN6OS/c1-10-11(8-22)19-24-14-4-2-3-5-18(14)27(19)20(28)12(10)9-23-15-7-17-16(6-13(15)21)25-29-26-17/h2-7,9,23H,1H3. The maximum atomic E-state index is 13.3. The summed E-state index contributed by atoms with van der Waals surface area (Å²) in [5.41, 5.74) is 4.78. The van der Waals surface area contributed by atoms with Gasteiger partial charge >= 0.3 is 0 Å². The van der Waals surface area contributed by atoms with Crippen molar-refractivity contribution in [2.24, 2.45) is 0 Å². The van der Waals surface area contributed by atoms with Crippen molar-refractivity contribution in [3.63, 3.8) is 0 Å². The summed E-state index contributed by atoms with van der Waals surface area (Å²) in [6.45, 7) is 1.76. The lowest BCUT2D eigenvalue weighted by atomic mass is 10.1. The van der Waals surface area contributed by atoms with Crippen molar-refractivity contribution in [1.82, 2.24) is 18.1 Å². The van der Waals surface area contributed by atoms with Crippen molar-refractivity contribution in [3.8, 4) is 6.07 Å². The molecule has 0 saturated carbocycles. The molecular weight excluding hydrogens is 452 g/mol. The number of hydrogen-bond acceptors (Lipinski definition) is 7. The van der Waals surface area contributed by atoms with Gasteiger partial charge in [-0.2, -0.15) is 14.0 Å². The van der Waals surface area contributed by atoms with Crippen LogP contribution in [-0.4, -0.2) is 18.1 Å². The van der Waals surface area contributed by atoms with E-state index >= 15 is 0 Å². The molecule has 5 rings (SSSR count). The number of rotatable bonds is 2. The van der Waals surface area contributed by atoms with Crippen LogP contribution in [-0.2, 0) is 0 Å². The van der Waals surface area contributed by atoms with Gasteiger partial charge in [0.2, 0.25) is 0 Å². The van der Waals surface area contributed by atoms with Crippen LogP contribution in [0.1, 0.15) is 11.1 Å². The molecule has 0 saturated heterocycles. The molecule has 0 spiro atoms. The molecule has 140 valence electrons. The highest BCUT2D eigenvalue weighted by Gasteiger charge is 2.16. The summed E-state index contributed by atoms with van der Waals surface area (Å²) in [5.74, 6) is 0. The minimum absolute atomic E-state index is 0.231. The fourth-order valence-corrected chi connectivity index (χ4v) is 4.31. The lowest BCUT2D eigenvalue weighted by molar-refractivity contribution is 1.10. The van der Waals surface area contributed by atoms with E-state index < -0.39 is 0 Å². The number of halogens is 1. The van der Waals surface area contributed by atoms with E-state index in [9.17, 15) is 10.1 Å². The molecule has 0 atom stereocenters. The predicted molar refractivity (Wildman–Crippen MR) is 117 cm³/mol. The number of nitrogens with one attached hydrogen (secondary N) is 1. The molecule has 0 bridgehead atoms. The number of aromatic nitrogens is 4. The number of nitriles is 1. The lowest BCUT2D eigenvalue weighted by Crippen LogP contribution is -2.34. The largest absolute Gasteiger partial charge is 0.360 e. The summed E-state index contributed by atoms with van der Waals surface area (Å²) < 4.78 is 10.8. The Hall–Kier alpha value is -3.35. The van der Waals surface area contributed by atoms with E-state index in [-0.39, 0.29) is 5.56 Å². The molecule has 0 fully saturated rings. The highest BCUT2D eigenvalue weighted by Crippen LogP contribution is 2.27. The fourth-order valence-electron chi connectivity index (χ4n) is 3.35. The topological polar surface area (TPSA) is 96.0 Å². The number of fused-ring (bicyclic) bond motifs is 4. The highest BCUT2D eigenvalue weighted by atomic mass is 79.9. The number of nitrogens with zero attached hydrogens (tertiary/aromatic N) is 5. The van der Waals surface area contributed by atoms with Crippen molar-refractivity contribution in [2.45, 2.75) is 6.92 Å². The average Bonchev–Trinajstić information content (AvgIpc) is 3.32. The zero-order valence-electron chi connectivity index (χ0n) is 15.0. The van der Waals surface area contributed by atoms with Gasteiger partial charge in [-0.15, -0.1) is 0 Å². The summed E-state index contributed by atoms with van der Waals surface area (Å²) in [6, 6.07) is 13.3. The molecule has 29 heavy (non-hydrogen) atoms. The molecule has 0 aliphatic rings. The molecule has 0 aliphatic heterocycles. The van der Waals surface area contributed by atoms with Gasteiger partial charge in [0.05, 0.1) is 39.2 Å². The number of anilines is 1. The number of hydrogen-bond donors (Lipinski definition) is 1. The van der Waals surface area contributed by atoms with Gasteiger partial charge in [-0.25, -0.2) is 4.98 Å². The van der Waals surface area contributed by atoms with Crippen LogP contribution in [0.4, 0.5) is 5.69 Å². The molecule has 9 heteroatoms. The lowest BCUT2D eigenvalue weighted by Gasteiger charge is -2.06. The second-order valence-electron chi connectivity index (χ2n) is 6.46. The van der Waals surface area contributed by atoms with Crippen LogP contribution in [0, 0.1) is 18.3 Å². The quantitative estimate of drug-likeness (QED) is 0.432. The monoisotopic (exact) mass is 462 g/mol. The second kappa shape index (κ2) is 6.62. The van der Waals surface area contributed by atoms with E-state index in [0.717, 1.165) is 32.9 Å². The Kier molecular flexibility index (Phi) is 4.04. The van der Waals surface area contributed by atoms with Crippen LogP contribution < -0.4 is 16.1 Å². The third-order valence-corrected chi connectivity index (χ3v) is 6.04. The van der Waals surface area contributed by atoms with Crippen LogP contribution in [0.2, 0.25) is 0 Å². The van der Waals surface area contributed by atoms with E-state index in [2.05, 4.69) is 41.0 Å².